The minimum absolute atomic E-state index is 0.0885. The Hall–Kier alpha value is -2.91. The summed E-state index contributed by atoms with van der Waals surface area (Å²) in [5.74, 6) is -0.0885. The normalized spacial score (nSPS) is 19.5. The number of hydrogen-bond acceptors (Lipinski definition) is 6. The first kappa shape index (κ1) is 26.2. The van der Waals surface area contributed by atoms with Crippen LogP contribution in [0.25, 0.3) is 11.1 Å². The molecule has 1 heterocycles. The number of phosphoric acid groups is 1. The minimum atomic E-state index is -4.73. The van der Waals surface area contributed by atoms with Crippen LogP contribution in [0.4, 0.5) is 9.59 Å². The Morgan fingerprint density at radius 2 is 1.61 bits per heavy atom. The highest BCUT2D eigenvalue weighted by molar-refractivity contribution is 7.46. The molecular formula is C25H31N2O8P. The summed E-state index contributed by atoms with van der Waals surface area (Å²) in [4.78, 5) is 44.8. The van der Waals surface area contributed by atoms with Gasteiger partial charge in [0, 0.05) is 12.5 Å². The predicted molar refractivity (Wildman–Crippen MR) is 131 cm³/mol. The van der Waals surface area contributed by atoms with Crippen molar-refractivity contribution in [3.63, 3.8) is 0 Å². The van der Waals surface area contributed by atoms with E-state index >= 15 is 0 Å². The topological polar surface area (TPSA) is 135 Å². The summed E-state index contributed by atoms with van der Waals surface area (Å²) in [6, 6.07) is 14.9. The maximum atomic E-state index is 12.7. The van der Waals surface area contributed by atoms with Gasteiger partial charge in [0.15, 0.2) is 0 Å². The van der Waals surface area contributed by atoms with E-state index in [-0.39, 0.29) is 25.5 Å². The lowest BCUT2D eigenvalue weighted by Crippen LogP contribution is -2.43. The monoisotopic (exact) mass is 518 g/mol. The number of ether oxygens (including phenoxy) is 2. The van der Waals surface area contributed by atoms with Gasteiger partial charge in [-0.3, -0.25) is 4.52 Å². The average Bonchev–Trinajstić information content (AvgIpc) is 3.34. The zero-order chi connectivity index (χ0) is 26.1. The highest BCUT2D eigenvalue weighted by atomic mass is 31.2. The molecule has 36 heavy (non-hydrogen) atoms. The molecule has 2 aromatic rings. The van der Waals surface area contributed by atoms with E-state index in [0.29, 0.717) is 0 Å². The van der Waals surface area contributed by atoms with Gasteiger partial charge in [-0.1, -0.05) is 48.5 Å². The van der Waals surface area contributed by atoms with Gasteiger partial charge in [-0.25, -0.2) is 14.2 Å². The fourth-order valence-corrected chi connectivity index (χ4v) is 5.08. The molecule has 0 saturated carbocycles. The fourth-order valence-electron chi connectivity index (χ4n) is 4.71. The van der Waals surface area contributed by atoms with Crippen LogP contribution < -0.4 is 5.32 Å². The SMILES string of the molecule is CC(C)(C)OC(=O)N1C[C@@H](NC(=O)OCC2c3ccccc3-c3ccccc32)C[C@H]1COP(=O)(O)O. The Morgan fingerprint density at radius 1 is 1.03 bits per heavy atom. The largest absolute Gasteiger partial charge is 0.469 e. The molecule has 10 nitrogen and oxygen atoms in total. The fraction of sp³-hybridized carbons (Fsp3) is 0.440. The second-order valence-corrected chi connectivity index (χ2v) is 11.2. The van der Waals surface area contributed by atoms with Crippen molar-refractivity contribution >= 4 is 20.0 Å². The quantitative estimate of drug-likeness (QED) is 0.489. The molecule has 0 aromatic heterocycles. The summed E-state index contributed by atoms with van der Waals surface area (Å²) in [6.07, 6.45) is -1.06. The minimum Gasteiger partial charge on any atom is -0.449 e. The lowest BCUT2D eigenvalue weighted by atomic mass is 9.98. The maximum absolute atomic E-state index is 12.7. The van der Waals surface area contributed by atoms with Gasteiger partial charge >= 0.3 is 20.0 Å². The highest BCUT2D eigenvalue weighted by Crippen LogP contribution is 2.44. The first-order valence-electron chi connectivity index (χ1n) is 11.7. The van der Waals surface area contributed by atoms with Crippen molar-refractivity contribution < 1.29 is 37.9 Å². The first-order valence-corrected chi connectivity index (χ1v) is 13.3. The van der Waals surface area contributed by atoms with Crippen molar-refractivity contribution in [2.24, 2.45) is 0 Å². The number of hydrogen-bond donors (Lipinski definition) is 3. The number of alkyl carbamates (subject to hydrolysis) is 1. The molecular weight excluding hydrogens is 487 g/mol. The van der Waals surface area contributed by atoms with E-state index in [1.165, 1.54) is 4.90 Å². The van der Waals surface area contributed by atoms with E-state index in [1.54, 1.807) is 20.8 Å². The van der Waals surface area contributed by atoms with Crippen LogP contribution in [0.5, 0.6) is 0 Å². The number of amides is 2. The van der Waals surface area contributed by atoms with Gasteiger partial charge < -0.3 is 29.5 Å². The molecule has 2 amide bonds. The molecule has 1 aliphatic heterocycles. The Kier molecular flexibility index (Phi) is 7.43. The molecule has 1 aliphatic carbocycles. The Bertz CT molecular complexity index is 1130. The predicted octanol–water partition coefficient (Wildman–Crippen LogP) is 4.01. The number of fused-ring (bicyclic) bond motifs is 3. The molecule has 194 valence electrons. The van der Waals surface area contributed by atoms with Gasteiger partial charge in [0.05, 0.1) is 18.7 Å². The van der Waals surface area contributed by atoms with Crippen LogP contribution in [0, 0.1) is 0 Å². The number of rotatable bonds is 6. The lowest BCUT2D eigenvalue weighted by Gasteiger charge is -2.28. The third-order valence-corrected chi connectivity index (χ3v) is 6.63. The number of phosphoric ester groups is 1. The number of nitrogens with one attached hydrogen (secondary N) is 1. The zero-order valence-electron chi connectivity index (χ0n) is 20.4. The summed E-state index contributed by atoms with van der Waals surface area (Å²) < 4.78 is 26.8. The molecule has 11 heteroatoms. The number of carbonyl (C=O) groups excluding carboxylic acids is 2. The third-order valence-electron chi connectivity index (χ3n) is 6.14. The second kappa shape index (κ2) is 10.2. The molecule has 0 spiro atoms. The molecule has 0 unspecified atom stereocenters. The average molecular weight is 519 g/mol. The molecule has 2 aliphatic rings. The van der Waals surface area contributed by atoms with Crippen LogP contribution in [0.3, 0.4) is 0 Å². The third kappa shape index (κ3) is 6.25. The van der Waals surface area contributed by atoms with Crippen molar-refractivity contribution in [3.05, 3.63) is 59.7 Å². The smallest absolute Gasteiger partial charge is 0.449 e. The van der Waals surface area contributed by atoms with Gasteiger partial charge in [-0.2, -0.15) is 0 Å². The van der Waals surface area contributed by atoms with Crippen LogP contribution in [0.1, 0.15) is 44.2 Å². The molecule has 3 N–H and O–H groups in total. The Morgan fingerprint density at radius 3 is 2.17 bits per heavy atom. The summed E-state index contributed by atoms with van der Waals surface area (Å²) in [7, 11) is -4.73. The summed E-state index contributed by atoms with van der Waals surface area (Å²) in [5, 5.41) is 2.77. The van der Waals surface area contributed by atoms with Crippen molar-refractivity contribution in [1.29, 1.82) is 0 Å². The van der Waals surface area contributed by atoms with E-state index < -0.39 is 44.3 Å². The van der Waals surface area contributed by atoms with Gasteiger partial charge in [0.2, 0.25) is 0 Å². The molecule has 1 saturated heterocycles. The second-order valence-electron chi connectivity index (χ2n) is 9.98. The Labute approximate surface area is 209 Å². The summed E-state index contributed by atoms with van der Waals surface area (Å²) in [5.41, 5.74) is 3.68. The van der Waals surface area contributed by atoms with Crippen LogP contribution in [-0.4, -0.2) is 64.3 Å². The van der Waals surface area contributed by atoms with E-state index in [1.807, 2.05) is 36.4 Å². The number of benzene rings is 2. The van der Waals surface area contributed by atoms with Crippen LogP contribution in [0.15, 0.2) is 48.5 Å². The van der Waals surface area contributed by atoms with Gasteiger partial charge in [-0.15, -0.1) is 0 Å². The van der Waals surface area contributed by atoms with Crippen molar-refractivity contribution in [1.82, 2.24) is 10.2 Å². The van der Waals surface area contributed by atoms with Crippen LogP contribution >= 0.6 is 7.82 Å². The van der Waals surface area contributed by atoms with E-state index in [9.17, 15) is 14.2 Å². The molecule has 2 aromatic carbocycles. The Balaban J connectivity index is 1.39. The molecule has 0 radical (unpaired) electrons. The molecule has 1 fully saturated rings. The summed E-state index contributed by atoms with van der Waals surface area (Å²) in [6.45, 7) is 4.99. The van der Waals surface area contributed by atoms with E-state index in [0.717, 1.165) is 22.3 Å². The van der Waals surface area contributed by atoms with Gasteiger partial charge in [0.25, 0.3) is 0 Å². The molecule has 2 atom stereocenters. The maximum Gasteiger partial charge on any atom is 0.469 e. The molecule has 0 bridgehead atoms. The highest BCUT2D eigenvalue weighted by Gasteiger charge is 2.40. The lowest BCUT2D eigenvalue weighted by molar-refractivity contribution is 0.0169. The van der Waals surface area contributed by atoms with Gasteiger partial charge in [-0.05, 0) is 49.4 Å². The first-order chi connectivity index (χ1) is 16.9. The van der Waals surface area contributed by atoms with Crippen molar-refractivity contribution in [2.75, 3.05) is 19.8 Å². The van der Waals surface area contributed by atoms with Crippen molar-refractivity contribution in [2.45, 2.75) is 50.8 Å². The van der Waals surface area contributed by atoms with Gasteiger partial charge in [0.1, 0.15) is 12.2 Å². The molecule has 4 rings (SSSR count). The van der Waals surface area contributed by atoms with Crippen LogP contribution in [-0.2, 0) is 18.6 Å². The summed E-state index contributed by atoms with van der Waals surface area (Å²) >= 11 is 0. The number of carbonyl (C=O) groups is 2. The standard InChI is InChI=1S/C25H31N2O8P/c1-25(2,3)35-24(29)27-13-16(12-17(27)14-34-36(30,31)32)26-23(28)33-15-22-20-10-6-4-8-18(20)19-9-5-7-11-21(19)22/h4-11,16-17,22H,12-15H2,1-3H3,(H,26,28)(H2,30,31,32)/t16-,17-/m0/s1. The number of nitrogens with zero attached hydrogens (tertiary/aromatic N) is 1. The van der Waals surface area contributed by atoms with E-state index in [2.05, 4.69) is 22.0 Å². The number of likely N-dealkylation sites (tertiary alicyclic amines) is 1. The van der Waals surface area contributed by atoms with E-state index in [4.69, 9.17) is 19.3 Å². The zero-order valence-corrected chi connectivity index (χ0v) is 21.3. The van der Waals surface area contributed by atoms with Crippen LogP contribution in [0.2, 0.25) is 0 Å². The van der Waals surface area contributed by atoms with Crippen molar-refractivity contribution in [3.8, 4) is 11.1 Å².